The highest BCUT2D eigenvalue weighted by Gasteiger charge is 2.33. The van der Waals surface area contributed by atoms with E-state index < -0.39 is 24.2 Å². The Morgan fingerprint density at radius 3 is 2.44 bits per heavy atom. The Kier molecular flexibility index (Phi) is 4.07. The van der Waals surface area contributed by atoms with Crippen LogP contribution in [0.25, 0.3) is 0 Å². The average Bonchev–Trinajstić information content (AvgIpc) is 2.22. The van der Waals surface area contributed by atoms with E-state index in [9.17, 15) is 23.1 Å². The summed E-state index contributed by atoms with van der Waals surface area (Å²) in [4.78, 5) is 10.5. The van der Waals surface area contributed by atoms with Crippen molar-refractivity contribution in [2.24, 2.45) is 0 Å². The van der Waals surface area contributed by atoms with Crippen LogP contribution < -0.4 is 10.5 Å². The van der Waals surface area contributed by atoms with Crippen LogP contribution in [0.1, 0.15) is 11.7 Å². The molecule has 100 valence electrons. The van der Waals surface area contributed by atoms with E-state index in [1.165, 1.54) is 0 Å². The Hall–Kier alpha value is -1.48. The second kappa shape index (κ2) is 5.02. The van der Waals surface area contributed by atoms with Crippen LogP contribution in [0.15, 0.2) is 16.6 Å². The zero-order chi connectivity index (χ0) is 14.1. The molecule has 0 bridgehead atoms. The number of halogens is 4. The summed E-state index contributed by atoms with van der Waals surface area (Å²) in [5, 5.41) is 17.8. The number of benzene rings is 1. The Balaban J connectivity index is 3.17. The van der Waals surface area contributed by atoms with E-state index >= 15 is 0 Å². The number of hydrogen-bond donors (Lipinski definition) is 3. The molecule has 1 rings (SSSR count). The van der Waals surface area contributed by atoms with Gasteiger partial charge in [0.25, 0.3) is 0 Å². The standard InChI is InChI=1S/C9H7BrF3NO4/c10-5-4(18-9(11,12)13)2-1-3(6(5)14)7(15)8(16)17/h1-2,7,15H,14H2,(H,16,17). The highest BCUT2D eigenvalue weighted by Crippen LogP contribution is 2.38. The number of nitrogens with two attached hydrogens (primary N) is 1. The summed E-state index contributed by atoms with van der Waals surface area (Å²) in [5.74, 6) is -2.19. The normalized spacial score (nSPS) is 13.2. The maximum Gasteiger partial charge on any atom is 0.573 e. The summed E-state index contributed by atoms with van der Waals surface area (Å²) in [6.45, 7) is 0. The first kappa shape index (κ1) is 14.6. The highest BCUT2D eigenvalue weighted by molar-refractivity contribution is 9.10. The number of aliphatic hydroxyl groups is 1. The average molecular weight is 330 g/mol. The topological polar surface area (TPSA) is 92.8 Å². The molecule has 18 heavy (non-hydrogen) atoms. The first-order valence-electron chi connectivity index (χ1n) is 4.38. The van der Waals surface area contributed by atoms with Crippen LogP contribution >= 0.6 is 15.9 Å². The minimum Gasteiger partial charge on any atom is -0.479 e. The van der Waals surface area contributed by atoms with Gasteiger partial charge in [-0.05, 0) is 28.1 Å². The van der Waals surface area contributed by atoms with Crippen molar-refractivity contribution in [2.75, 3.05) is 5.73 Å². The second-order valence-corrected chi connectivity index (χ2v) is 3.96. The highest BCUT2D eigenvalue weighted by atomic mass is 79.9. The van der Waals surface area contributed by atoms with Crippen LogP contribution in [0.4, 0.5) is 18.9 Å². The van der Waals surface area contributed by atoms with Crippen LogP contribution in [-0.2, 0) is 4.79 Å². The Labute approximate surface area is 107 Å². The van der Waals surface area contributed by atoms with Gasteiger partial charge in [0, 0.05) is 5.56 Å². The molecule has 0 saturated heterocycles. The van der Waals surface area contributed by atoms with Gasteiger partial charge in [0.15, 0.2) is 6.10 Å². The van der Waals surface area contributed by atoms with Crippen molar-refractivity contribution < 1.29 is 32.9 Å². The summed E-state index contributed by atoms with van der Waals surface area (Å²) in [6.07, 6.45) is -6.83. The molecule has 0 spiro atoms. The lowest BCUT2D eigenvalue weighted by Crippen LogP contribution is -2.18. The molecule has 0 aromatic heterocycles. The maximum absolute atomic E-state index is 12.0. The summed E-state index contributed by atoms with van der Waals surface area (Å²) in [7, 11) is 0. The van der Waals surface area contributed by atoms with Crippen molar-refractivity contribution in [3.05, 3.63) is 22.2 Å². The molecule has 0 radical (unpaired) electrons. The number of ether oxygens (including phenoxy) is 1. The summed E-state index contributed by atoms with van der Waals surface area (Å²) < 4.78 is 39.4. The zero-order valence-corrected chi connectivity index (χ0v) is 10.1. The van der Waals surface area contributed by atoms with Crippen LogP contribution in [0.2, 0.25) is 0 Å². The molecule has 1 unspecified atom stereocenters. The second-order valence-electron chi connectivity index (χ2n) is 3.17. The van der Waals surface area contributed by atoms with Crippen molar-refractivity contribution in [3.63, 3.8) is 0 Å². The van der Waals surface area contributed by atoms with E-state index in [0.29, 0.717) is 0 Å². The van der Waals surface area contributed by atoms with Gasteiger partial charge in [-0.3, -0.25) is 0 Å². The number of anilines is 1. The Bertz CT molecular complexity index is 478. The fourth-order valence-corrected chi connectivity index (χ4v) is 1.60. The van der Waals surface area contributed by atoms with Crippen LogP contribution in [-0.4, -0.2) is 22.5 Å². The minimum atomic E-state index is -4.90. The molecular weight excluding hydrogens is 323 g/mol. The summed E-state index contributed by atoms with van der Waals surface area (Å²) in [5.41, 5.74) is 4.85. The molecule has 1 atom stereocenters. The molecule has 9 heteroatoms. The van der Waals surface area contributed by atoms with E-state index in [2.05, 4.69) is 20.7 Å². The smallest absolute Gasteiger partial charge is 0.479 e. The third-order valence-corrected chi connectivity index (χ3v) is 2.75. The zero-order valence-electron chi connectivity index (χ0n) is 8.53. The number of nitrogen functional groups attached to an aromatic ring is 1. The third-order valence-electron chi connectivity index (χ3n) is 1.93. The van der Waals surface area contributed by atoms with Gasteiger partial charge in [-0.1, -0.05) is 0 Å². The van der Waals surface area contributed by atoms with Crippen LogP contribution in [0.5, 0.6) is 5.75 Å². The molecule has 0 amide bonds. The van der Waals surface area contributed by atoms with E-state index in [0.717, 1.165) is 12.1 Å². The number of rotatable bonds is 3. The van der Waals surface area contributed by atoms with Crippen LogP contribution in [0.3, 0.4) is 0 Å². The van der Waals surface area contributed by atoms with E-state index in [1.54, 1.807) is 0 Å². The lowest BCUT2D eigenvalue weighted by atomic mass is 10.1. The maximum atomic E-state index is 12.0. The molecule has 0 saturated carbocycles. The summed E-state index contributed by atoms with van der Waals surface area (Å²) >= 11 is 2.75. The number of aliphatic carboxylic acids is 1. The minimum absolute atomic E-state index is 0.233. The predicted molar refractivity (Wildman–Crippen MR) is 57.8 cm³/mol. The van der Waals surface area contributed by atoms with Crippen molar-refractivity contribution in [3.8, 4) is 5.75 Å². The van der Waals surface area contributed by atoms with Crippen molar-refractivity contribution >= 4 is 27.6 Å². The number of carboxylic acid groups (broad SMARTS) is 1. The number of carboxylic acids is 1. The number of carbonyl (C=O) groups is 1. The van der Waals surface area contributed by atoms with E-state index in [-0.39, 0.29) is 15.7 Å². The predicted octanol–water partition coefficient (Wildman–Crippen LogP) is 2.05. The Morgan fingerprint density at radius 2 is 2.00 bits per heavy atom. The molecule has 1 aromatic rings. The van der Waals surface area contributed by atoms with E-state index in [4.69, 9.17) is 10.8 Å². The first-order chi connectivity index (χ1) is 8.13. The molecule has 0 fully saturated rings. The van der Waals surface area contributed by atoms with Gasteiger partial charge in [0.1, 0.15) is 5.75 Å². The van der Waals surface area contributed by atoms with Crippen molar-refractivity contribution in [2.45, 2.75) is 12.5 Å². The quantitative estimate of drug-likeness (QED) is 0.738. The number of alkyl halides is 3. The molecule has 0 heterocycles. The molecule has 0 aliphatic heterocycles. The SMILES string of the molecule is Nc1c(C(O)C(=O)O)ccc(OC(F)(F)F)c1Br. The van der Waals surface area contributed by atoms with Crippen molar-refractivity contribution in [1.82, 2.24) is 0 Å². The summed E-state index contributed by atoms with van der Waals surface area (Å²) in [6, 6.07) is 1.80. The Morgan fingerprint density at radius 1 is 1.44 bits per heavy atom. The van der Waals surface area contributed by atoms with Gasteiger partial charge in [-0.15, -0.1) is 13.2 Å². The van der Waals surface area contributed by atoms with Gasteiger partial charge in [-0.2, -0.15) is 0 Å². The molecular formula is C9H7BrF3NO4. The monoisotopic (exact) mass is 329 g/mol. The fourth-order valence-electron chi connectivity index (χ4n) is 1.16. The van der Waals surface area contributed by atoms with Gasteiger partial charge in [0.2, 0.25) is 0 Å². The molecule has 0 aliphatic carbocycles. The number of hydrogen-bond acceptors (Lipinski definition) is 4. The van der Waals surface area contributed by atoms with Gasteiger partial charge < -0.3 is 20.7 Å². The first-order valence-corrected chi connectivity index (χ1v) is 5.17. The number of aliphatic hydroxyl groups excluding tert-OH is 1. The van der Waals surface area contributed by atoms with Crippen molar-refractivity contribution in [1.29, 1.82) is 0 Å². The van der Waals surface area contributed by atoms with Gasteiger partial charge in [-0.25, -0.2) is 4.79 Å². The third kappa shape index (κ3) is 3.26. The van der Waals surface area contributed by atoms with Gasteiger partial charge >= 0.3 is 12.3 Å². The molecule has 0 aliphatic rings. The van der Waals surface area contributed by atoms with E-state index in [1.807, 2.05) is 0 Å². The fraction of sp³-hybridized carbons (Fsp3) is 0.222. The van der Waals surface area contributed by atoms with Gasteiger partial charge in [0.05, 0.1) is 10.2 Å². The van der Waals surface area contributed by atoms with Crippen LogP contribution in [0, 0.1) is 0 Å². The molecule has 1 aromatic carbocycles. The lowest BCUT2D eigenvalue weighted by Gasteiger charge is -2.15. The largest absolute Gasteiger partial charge is 0.573 e. The molecule has 5 nitrogen and oxygen atoms in total. The lowest BCUT2D eigenvalue weighted by molar-refractivity contribution is -0.274. The molecule has 4 N–H and O–H groups in total.